The van der Waals surface area contributed by atoms with Gasteiger partial charge in [-0.05, 0) is 30.5 Å². The molecule has 7 nitrogen and oxygen atoms in total. The van der Waals surface area contributed by atoms with Crippen LogP contribution in [-0.4, -0.2) is 31.9 Å². The second-order valence-corrected chi connectivity index (χ2v) is 7.41. The second-order valence-electron chi connectivity index (χ2n) is 5.55. The van der Waals surface area contributed by atoms with Gasteiger partial charge in [-0.25, -0.2) is 9.97 Å². The molecule has 0 bridgehead atoms. The van der Waals surface area contributed by atoms with Crippen LogP contribution in [0.3, 0.4) is 0 Å². The van der Waals surface area contributed by atoms with E-state index in [9.17, 15) is 4.79 Å². The number of benzene rings is 1. The van der Waals surface area contributed by atoms with Gasteiger partial charge in [-0.3, -0.25) is 4.79 Å². The number of esters is 1. The highest BCUT2D eigenvalue weighted by Crippen LogP contribution is 2.28. The van der Waals surface area contributed by atoms with Gasteiger partial charge in [0.25, 0.3) is 5.89 Å². The molecule has 0 radical (unpaired) electrons. The highest BCUT2D eigenvalue weighted by molar-refractivity contribution is 8.00. The minimum Gasteiger partial charge on any atom is -0.452 e. The lowest BCUT2D eigenvalue weighted by molar-refractivity contribution is -0.146. The van der Waals surface area contributed by atoms with Crippen molar-refractivity contribution in [1.29, 1.82) is 0 Å². The van der Waals surface area contributed by atoms with Gasteiger partial charge >= 0.3 is 5.97 Å². The number of ether oxygens (including phenoxy) is 1. The average Bonchev–Trinajstić information content (AvgIpc) is 3.36. The zero-order valence-corrected chi connectivity index (χ0v) is 15.9. The monoisotopic (exact) mass is 398 g/mol. The molecule has 0 saturated heterocycles. The molecule has 0 saturated carbocycles. The third kappa shape index (κ3) is 3.99. The first-order chi connectivity index (χ1) is 13.2. The maximum Gasteiger partial charge on any atom is 0.317 e. The molecule has 0 spiro atoms. The van der Waals surface area contributed by atoms with E-state index in [1.807, 2.05) is 41.8 Å². The Morgan fingerprint density at radius 3 is 2.93 bits per heavy atom. The van der Waals surface area contributed by atoms with Crippen LogP contribution in [0.2, 0.25) is 0 Å². The third-order valence-corrected chi connectivity index (χ3v) is 5.47. The van der Waals surface area contributed by atoms with E-state index in [4.69, 9.17) is 9.15 Å². The molecule has 1 aromatic carbocycles. The molecule has 136 valence electrons. The summed E-state index contributed by atoms with van der Waals surface area (Å²) in [5.41, 5.74) is 0.814. The van der Waals surface area contributed by atoms with E-state index in [0.717, 1.165) is 20.8 Å². The Labute approximate surface area is 162 Å². The molecule has 3 aromatic heterocycles. The van der Waals surface area contributed by atoms with E-state index in [2.05, 4.69) is 20.2 Å². The van der Waals surface area contributed by atoms with Crippen molar-refractivity contribution in [3.05, 3.63) is 54.0 Å². The van der Waals surface area contributed by atoms with Crippen LogP contribution in [0.5, 0.6) is 0 Å². The second kappa shape index (κ2) is 7.85. The van der Waals surface area contributed by atoms with Gasteiger partial charge in [-0.1, -0.05) is 30.0 Å². The summed E-state index contributed by atoms with van der Waals surface area (Å²) in [5.74, 6) is 0.401. The Morgan fingerprint density at radius 2 is 2.07 bits per heavy atom. The number of carbonyl (C=O) groups excluding carboxylic acids is 1. The number of thiophene rings is 1. The minimum absolute atomic E-state index is 0.131. The molecule has 1 atom stereocenters. The third-order valence-electron chi connectivity index (χ3n) is 3.67. The molecular weight excluding hydrogens is 384 g/mol. The van der Waals surface area contributed by atoms with Gasteiger partial charge in [-0.15, -0.1) is 21.5 Å². The van der Waals surface area contributed by atoms with Crippen molar-refractivity contribution in [2.75, 3.05) is 5.75 Å². The Bertz CT molecular complexity index is 1060. The van der Waals surface area contributed by atoms with E-state index in [1.54, 1.807) is 6.92 Å². The summed E-state index contributed by atoms with van der Waals surface area (Å²) in [6, 6.07) is 11.4. The Balaban J connectivity index is 1.37. The summed E-state index contributed by atoms with van der Waals surface area (Å²) >= 11 is 2.85. The van der Waals surface area contributed by atoms with E-state index >= 15 is 0 Å². The van der Waals surface area contributed by atoms with Crippen molar-refractivity contribution in [3.63, 3.8) is 0 Å². The molecule has 4 rings (SSSR count). The quantitative estimate of drug-likeness (QED) is 0.272. The number of fused-ring (bicyclic) bond motifs is 1. The fourth-order valence-electron chi connectivity index (χ4n) is 2.39. The van der Waals surface area contributed by atoms with Crippen molar-refractivity contribution in [2.45, 2.75) is 18.1 Å². The molecule has 0 aliphatic heterocycles. The van der Waals surface area contributed by atoms with Gasteiger partial charge in [0, 0.05) is 10.9 Å². The van der Waals surface area contributed by atoms with Gasteiger partial charge in [0.2, 0.25) is 5.89 Å². The zero-order valence-electron chi connectivity index (χ0n) is 14.2. The average molecular weight is 398 g/mol. The largest absolute Gasteiger partial charge is 0.452 e. The number of hydrogen-bond acceptors (Lipinski definition) is 9. The number of aromatic nitrogens is 4. The highest BCUT2D eigenvalue weighted by atomic mass is 32.2. The zero-order chi connectivity index (χ0) is 18.6. The molecule has 0 amide bonds. The summed E-state index contributed by atoms with van der Waals surface area (Å²) in [6.07, 6.45) is 0.869. The van der Waals surface area contributed by atoms with Gasteiger partial charge in [0.05, 0.1) is 5.75 Å². The molecule has 0 aliphatic carbocycles. The summed E-state index contributed by atoms with van der Waals surface area (Å²) in [4.78, 5) is 21.5. The van der Waals surface area contributed by atoms with Gasteiger partial charge < -0.3 is 9.15 Å². The Hall–Kier alpha value is -2.78. The lowest BCUT2D eigenvalue weighted by atomic mass is 10.2. The van der Waals surface area contributed by atoms with Crippen molar-refractivity contribution in [1.82, 2.24) is 20.2 Å². The molecule has 0 fully saturated rings. The lowest BCUT2D eigenvalue weighted by Gasteiger charge is -2.09. The molecule has 9 heteroatoms. The maximum absolute atomic E-state index is 12.2. The fourth-order valence-corrected chi connectivity index (χ4v) is 3.95. The van der Waals surface area contributed by atoms with E-state index < -0.39 is 6.10 Å². The van der Waals surface area contributed by atoms with Gasteiger partial charge in [0.15, 0.2) is 6.10 Å². The van der Waals surface area contributed by atoms with Crippen molar-refractivity contribution < 1.29 is 13.9 Å². The van der Waals surface area contributed by atoms with Gasteiger partial charge in [0.1, 0.15) is 16.2 Å². The predicted octanol–water partition coefficient (Wildman–Crippen LogP) is 4.14. The lowest BCUT2D eigenvalue weighted by Crippen LogP contribution is -2.11. The normalized spacial score (nSPS) is 12.2. The molecule has 4 aromatic rings. The standard InChI is InChI=1S/C18H14N4O3S2/c1-11(15-21-22-16(25-15)12-5-3-2-4-6-12)24-14(23)9-27-18-13-7-8-26-17(13)19-10-20-18/h2-8,10-11H,9H2,1H3/t11-/m1/s1. The van der Waals surface area contributed by atoms with Crippen LogP contribution in [-0.2, 0) is 9.53 Å². The molecule has 27 heavy (non-hydrogen) atoms. The Kier molecular flexibility index (Phi) is 5.12. The molecule has 3 heterocycles. The molecule has 0 aliphatic rings. The number of hydrogen-bond donors (Lipinski definition) is 0. The molecular formula is C18H14N4O3S2. The van der Waals surface area contributed by atoms with Crippen molar-refractivity contribution >= 4 is 39.3 Å². The summed E-state index contributed by atoms with van der Waals surface area (Å²) in [7, 11) is 0. The van der Waals surface area contributed by atoms with E-state index in [1.165, 1.54) is 29.4 Å². The minimum atomic E-state index is -0.630. The van der Waals surface area contributed by atoms with Crippen LogP contribution in [0.1, 0.15) is 18.9 Å². The van der Waals surface area contributed by atoms with Gasteiger partial charge in [-0.2, -0.15) is 0 Å². The first kappa shape index (κ1) is 17.6. The fraction of sp³-hybridized carbons (Fsp3) is 0.167. The molecule has 0 unspecified atom stereocenters. The van der Waals surface area contributed by atoms with Crippen molar-refractivity contribution in [2.24, 2.45) is 0 Å². The number of thioether (sulfide) groups is 1. The van der Waals surface area contributed by atoms with Crippen molar-refractivity contribution in [3.8, 4) is 11.5 Å². The van der Waals surface area contributed by atoms with Crippen LogP contribution < -0.4 is 0 Å². The van der Waals surface area contributed by atoms with Crippen LogP contribution in [0, 0.1) is 0 Å². The maximum atomic E-state index is 12.2. The highest BCUT2D eigenvalue weighted by Gasteiger charge is 2.19. The first-order valence-corrected chi connectivity index (χ1v) is 9.96. The van der Waals surface area contributed by atoms with Crippen LogP contribution in [0.4, 0.5) is 0 Å². The summed E-state index contributed by atoms with van der Waals surface area (Å²) in [5, 5.41) is 11.6. The molecule has 0 N–H and O–H groups in total. The summed E-state index contributed by atoms with van der Waals surface area (Å²) < 4.78 is 11.0. The Morgan fingerprint density at radius 1 is 1.22 bits per heavy atom. The first-order valence-electron chi connectivity index (χ1n) is 8.10. The van der Waals surface area contributed by atoms with E-state index in [-0.39, 0.29) is 17.6 Å². The van der Waals surface area contributed by atoms with Crippen LogP contribution in [0.15, 0.2) is 57.5 Å². The predicted molar refractivity (Wildman–Crippen MR) is 102 cm³/mol. The number of nitrogens with zero attached hydrogens (tertiary/aromatic N) is 4. The van der Waals surface area contributed by atoms with Crippen LogP contribution >= 0.6 is 23.1 Å². The summed E-state index contributed by atoms with van der Waals surface area (Å²) in [6.45, 7) is 1.70. The van der Waals surface area contributed by atoms with Crippen LogP contribution in [0.25, 0.3) is 21.7 Å². The van der Waals surface area contributed by atoms with E-state index in [0.29, 0.717) is 5.89 Å². The smallest absolute Gasteiger partial charge is 0.317 e. The topological polar surface area (TPSA) is 91.0 Å². The number of carbonyl (C=O) groups is 1. The SMILES string of the molecule is C[C@@H](OC(=O)CSc1ncnc2sccc12)c1nnc(-c2ccccc2)o1. The number of rotatable bonds is 6.